The van der Waals surface area contributed by atoms with E-state index >= 15 is 0 Å². The molecule has 0 fully saturated rings. The van der Waals surface area contributed by atoms with Crippen molar-refractivity contribution in [1.82, 2.24) is 0 Å². The van der Waals surface area contributed by atoms with Crippen LogP contribution in [-0.2, 0) is 40.4 Å². The van der Waals surface area contributed by atoms with Gasteiger partial charge in [-0.15, -0.1) is 0 Å². The fourth-order valence-electron chi connectivity index (χ4n) is 3.44. The van der Waals surface area contributed by atoms with Gasteiger partial charge in [0.25, 0.3) is 10.1 Å². The Morgan fingerprint density at radius 2 is 0.970 bits per heavy atom. The second-order valence-electron chi connectivity index (χ2n) is 6.90. The maximum Gasteiger partial charge on any atom is 0.295 e. The van der Waals surface area contributed by atoms with E-state index in [2.05, 4.69) is 0 Å². The summed E-state index contributed by atoms with van der Waals surface area (Å²) in [6.45, 7) is 0. The molecule has 0 aromatic heterocycles. The Morgan fingerprint density at radius 3 is 1.52 bits per heavy atom. The molecule has 0 spiro atoms. The predicted molar refractivity (Wildman–Crippen MR) is 127 cm³/mol. The molecule has 0 bridgehead atoms. The van der Waals surface area contributed by atoms with Crippen LogP contribution in [0.3, 0.4) is 0 Å². The van der Waals surface area contributed by atoms with Crippen LogP contribution in [0.25, 0.3) is 0 Å². The van der Waals surface area contributed by atoms with Crippen LogP contribution in [-0.4, -0.2) is 21.4 Å². The first-order valence-electron chi connectivity index (χ1n) is 9.61. The summed E-state index contributed by atoms with van der Waals surface area (Å²) in [6, 6.07) is 30.0. The van der Waals surface area contributed by atoms with Gasteiger partial charge < -0.3 is 0 Å². The zero-order chi connectivity index (χ0) is 22.8. The molecule has 0 aliphatic heterocycles. The maximum absolute atomic E-state index is 13.5. The summed E-state index contributed by atoms with van der Waals surface area (Å²) in [5.74, 6) is 0. The van der Waals surface area contributed by atoms with Gasteiger partial charge >= 0.3 is 0 Å². The van der Waals surface area contributed by atoms with Crippen molar-refractivity contribution in [3.63, 3.8) is 0 Å². The Labute approximate surface area is 208 Å². The van der Waals surface area contributed by atoms with Crippen molar-refractivity contribution in [1.29, 1.82) is 0 Å². The first kappa shape index (κ1) is 25.5. The molecule has 0 radical (unpaired) electrons. The molecule has 4 rings (SSSR count). The Bertz CT molecular complexity index is 1460. The molecule has 0 amide bonds. The van der Waals surface area contributed by atoms with Crippen molar-refractivity contribution >= 4 is 43.8 Å². The minimum Gasteiger partial charge on any atom is -0.282 e. The van der Waals surface area contributed by atoms with Crippen LogP contribution >= 0.6 is 7.92 Å². The van der Waals surface area contributed by atoms with Gasteiger partial charge in [-0.1, -0.05) is 84.9 Å². The van der Waals surface area contributed by atoms with Crippen LogP contribution in [0.2, 0.25) is 0 Å². The molecule has 172 valence electrons. The Balaban J connectivity index is 0.00000306. The first-order valence-corrected chi connectivity index (χ1v) is 13.9. The van der Waals surface area contributed by atoms with Gasteiger partial charge in [0.15, 0.2) is 0 Å². The Morgan fingerprint density at radius 1 is 0.545 bits per heavy atom. The number of hydrogen-bond donors (Lipinski definition) is 1. The van der Waals surface area contributed by atoms with Crippen LogP contribution in [0.1, 0.15) is 0 Å². The molecule has 0 heterocycles. The van der Waals surface area contributed by atoms with Gasteiger partial charge in [0.2, 0.25) is 9.84 Å². The van der Waals surface area contributed by atoms with Crippen LogP contribution in [0.15, 0.2) is 124 Å². The smallest absolute Gasteiger partial charge is 0.282 e. The van der Waals surface area contributed by atoms with Gasteiger partial charge in [0.1, 0.15) is 4.90 Å². The third kappa shape index (κ3) is 5.33. The minimum absolute atomic E-state index is 0. The van der Waals surface area contributed by atoms with E-state index in [4.69, 9.17) is 0 Å². The number of rotatable bonds is 6. The summed E-state index contributed by atoms with van der Waals surface area (Å²) in [6.07, 6.45) is 0. The van der Waals surface area contributed by atoms with Gasteiger partial charge in [-0.3, -0.25) is 4.55 Å². The normalized spacial score (nSPS) is 12.5. The minimum atomic E-state index is -4.53. The third-order valence-electron chi connectivity index (χ3n) is 4.85. The zero-order valence-electron chi connectivity index (χ0n) is 17.1. The summed E-state index contributed by atoms with van der Waals surface area (Å²) < 4.78 is 61.3. The van der Waals surface area contributed by atoms with E-state index in [1.54, 1.807) is 48.5 Å². The van der Waals surface area contributed by atoms with Crippen LogP contribution in [0.4, 0.5) is 0 Å². The molecule has 1 atom stereocenters. The second-order valence-corrected chi connectivity index (χ2v) is 12.4. The molecule has 0 aliphatic rings. The fraction of sp³-hybridized carbons (Fsp3) is 0. The Hall–Kier alpha value is -2.17. The van der Waals surface area contributed by atoms with Crippen molar-refractivity contribution in [3.8, 4) is 0 Å². The topological polar surface area (TPSA) is 88.5 Å². The van der Waals surface area contributed by atoms with E-state index in [1.807, 2.05) is 30.3 Å². The number of hydrogen-bond acceptors (Lipinski definition) is 4. The molecule has 0 aliphatic carbocycles. The van der Waals surface area contributed by atoms with Crippen molar-refractivity contribution in [2.75, 3.05) is 0 Å². The van der Waals surface area contributed by atoms with Gasteiger partial charge in [-0.2, -0.15) is 8.42 Å². The summed E-state index contributed by atoms with van der Waals surface area (Å²) >= 11 is 0. The van der Waals surface area contributed by atoms with Gasteiger partial charge in [0.05, 0.1) is 9.79 Å². The van der Waals surface area contributed by atoms with E-state index in [0.717, 1.165) is 5.30 Å². The van der Waals surface area contributed by atoms with E-state index in [0.29, 0.717) is 10.6 Å². The molecular weight excluding hydrogens is 570 g/mol. The zero-order valence-corrected chi connectivity index (χ0v) is 21.1. The summed E-state index contributed by atoms with van der Waals surface area (Å²) in [5.41, 5.74) is 0. The van der Waals surface area contributed by atoms with Gasteiger partial charge in [-0.25, -0.2) is 8.42 Å². The third-order valence-corrected chi connectivity index (χ3v) is 10.4. The van der Waals surface area contributed by atoms with E-state index in [9.17, 15) is 21.4 Å². The average Bonchev–Trinajstić information content (AvgIpc) is 2.80. The summed E-state index contributed by atoms with van der Waals surface area (Å²) in [7, 11) is -10.0. The molecule has 0 saturated carbocycles. The average molecular weight is 589 g/mol. The molecule has 1 unspecified atom stereocenters. The van der Waals surface area contributed by atoms with E-state index in [1.165, 1.54) is 30.3 Å². The second kappa shape index (κ2) is 10.4. The monoisotopic (exact) mass is 588 g/mol. The Kier molecular flexibility index (Phi) is 8.02. The van der Waals surface area contributed by atoms with Crippen molar-refractivity contribution in [2.24, 2.45) is 0 Å². The fourth-order valence-corrected chi connectivity index (χ4v) is 8.99. The molecule has 4 aromatic rings. The van der Waals surface area contributed by atoms with Crippen molar-refractivity contribution < 1.29 is 41.8 Å². The molecule has 4 aromatic carbocycles. The van der Waals surface area contributed by atoms with Gasteiger partial charge in [-0.05, 0) is 37.5 Å². The van der Waals surface area contributed by atoms with E-state index in [-0.39, 0.29) is 35.1 Å². The number of benzene rings is 4. The quantitative estimate of drug-likeness (QED) is 0.212. The summed E-state index contributed by atoms with van der Waals surface area (Å²) in [5, 5.41) is 1.59. The van der Waals surface area contributed by atoms with Gasteiger partial charge in [0, 0.05) is 31.0 Å². The molecule has 33 heavy (non-hydrogen) atoms. The van der Waals surface area contributed by atoms with Crippen LogP contribution < -0.4 is 15.9 Å². The van der Waals surface area contributed by atoms with E-state index < -0.39 is 27.9 Å². The first-order chi connectivity index (χ1) is 15.3. The SMILES string of the molecule is O=S(=O)(O)c1ccccc1P(c1ccccc1)c1ccccc1S(=O)(=O)c1ccccc1.[Pd]. The van der Waals surface area contributed by atoms with Crippen LogP contribution in [0, 0.1) is 0 Å². The predicted octanol–water partition coefficient (Wildman–Crippen LogP) is 3.52. The molecule has 1 N–H and O–H groups in total. The van der Waals surface area contributed by atoms with Crippen molar-refractivity contribution in [3.05, 3.63) is 109 Å². The van der Waals surface area contributed by atoms with Crippen LogP contribution in [0.5, 0.6) is 0 Å². The standard InChI is InChI=1S/C24H19O5PS2.Pd/c25-31(26,20-13-5-2-6-14-20)23-17-9-7-15-21(23)30(19-11-3-1-4-12-19)22-16-8-10-18-24(22)32(27,28)29;/h1-18H,(H,27,28,29);. The largest absolute Gasteiger partial charge is 0.295 e. The number of sulfone groups is 1. The molecule has 0 saturated heterocycles. The molecule has 5 nitrogen and oxygen atoms in total. The molecular formula is C24H19O5PPdS2. The summed E-state index contributed by atoms with van der Waals surface area (Å²) in [4.78, 5) is 0.0201. The molecule has 9 heteroatoms. The maximum atomic E-state index is 13.5. The van der Waals surface area contributed by atoms with Crippen molar-refractivity contribution in [2.45, 2.75) is 14.7 Å².